The Hall–Kier alpha value is -0.900. The van der Waals surface area contributed by atoms with E-state index in [-0.39, 0.29) is 19.4 Å². The summed E-state index contributed by atoms with van der Waals surface area (Å²) in [5.41, 5.74) is 0. The van der Waals surface area contributed by atoms with E-state index in [1.54, 1.807) is 0 Å². The lowest BCUT2D eigenvalue weighted by molar-refractivity contribution is -0.356. The molecule has 0 saturated carbocycles. The first-order valence-electron chi connectivity index (χ1n) is 4.65. The van der Waals surface area contributed by atoms with Gasteiger partial charge in [-0.05, 0) is 6.42 Å². The Morgan fingerprint density at radius 3 is 2.00 bits per heavy atom. The molecule has 0 amide bonds. The van der Waals surface area contributed by atoms with Crippen LogP contribution in [-0.2, 0) is 14.3 Å². The highest BCUT2D eigenvalue weighted by atomic mass is 19.4. The first-order chi connectivity index (χ1) is 7.98. The zero-order chi connectivity index (χ0) is 14.2. The highest BCUT2D eigenvalue weighted by Gasteiger charge is 2.71. The van der Waals surface area contributed by atoms with Crippen LogP contribution in [0, 0.1) is 0 Å². The predicted octanol–water partition coefficient (Wildman–Crippen LogP) is 2.50. The number of ketones is 1. The van der Waals surface area contributed by atoms with Crippen molar-refractivity contribution in [3.63, 3.8) is 0 Å². The molecule has 2 atom stereocenters. The molecular formula is C8H7F7O3. The van der Waals surface area contributed by atoms with Crippen molar-refractivity contribution in [1.29, 1.82) is 0 Å². The molecule has 0 aromatic rings. The number of hydrogen-bond acceptors (Lipinski definition) is 3. The molecular weight excluding hydrogens is 277 g/mol. The van der Waals surface area contributed by atoms with E-state index in [4.69, 9.17) is 0 Å². The second-order valence-corrected chi connectivity index (χ2v) is 3.48. The molecule has 0 radical (unpaired) electrons. The monoisotopic (exact) mass is 284 g/mol. The summed E-state index contributed by atoms with van der Waals surface area (Å²) in [4.78, 5) is 10.5. The second-order valence-electron chi connectivity index (χ2n) is 3.48. The molecule has 0 aromatic heterocycles. The van der Waals surface area contributed by atoms with Crippen molar-refractivity contribution in [2.24, 2.45) is 0 Å². The summed E-state index contributed by atoms with van der Waals surface area (Å²) in [6, 6.07) is 0. The molecule has 0 N–H and O–H groups in total. The topological polar surface area (TPSA) is 35.5 Å². The van der Waals surface area contributed by atoms with E-state index in [1.807, 2.05) is 0 Å². The molecule has 1 fully saturated rings. The van der Waals surface area contributed by atoms with Gasteiger partial charge in [-0.1, -0.05) is 0 Å². The van der Waals surface area contributed by atoms with Crippen molar-refractivity contribution in [2.75, 3.05) is 6.61 Å². The fraction of sp³-hybridized carbons (Fsp3) is 0.875. The van der Waals surface area contributed by atoms with Gasteiger partial charge in [-0.2, -0.15) is 30.7 Å². The van der Waals surface area contributed by atoms with Crippen LogP contribution < -0.4 is 0 Å². The van der Waals surface area contributed by atoms with E-state index >= 15 is 0 Å². The van der Waals surface area contributed by atoms with Gasteiger partial charge in [0.15, 0.2) is 6.29 Å². The van der Waals surface area contributed by atoms with E-state index in [9.17, 15) is 35.5 Å². The Kier molecular flexibility index (Phi) is 3.92. The van der Waals surface area contributed by atoms with Crippen LogP contribution in [0.4, 0.5) is 30.7 Å². The maximum absolute atomic E-state index is 13.3. The molecule has 1 aliphatic rings. The summed E-state index contributed by atoms with van der Waals surface area (Å²) < 4.78 is 93.9. The largest absolute Gasteiger partial charge is 0.456 e. The van der Waals surface area contributed by atoms with Gasteiger partial charge in [0, 0.05) is 13.0 Å². The molecule has 106 valence electrons. The number of Topliss-reactive ketones (excluding diaryl/α,β-unsaturated/α-hetero) is 1. The molecule has 3 nitrogen and oxygen atoms in total. The van der Waals surface area contributed by atoms with Crippen LogP contribution >= 0.6 is 0 Å². The molecule has 1 aliphatic heterocycles. The molecule has 0 aliphatic carbocycles. The van der Waals surface area contributed by atoms with Crippen LogP contribution in [0.15, 0.2) is 0 Å². The number of alkyl halides is 7. The first kappa shape index (κ1) is 15.2. The highest BCUT2D eigenvalue weighted by Crippen LogP contribution is 2.42. The molecule has 0 aromatic carbocycles. The van der Waals surface area contributed by atoms with Crippen LogP contribution in [0.2, 0.25) is 0 Å². The highest BCUT2D eigenvalue weighted by molar-refractivity contribution is 5.91. The fourth-order valence-electron chi connectivity index (χ4n) is 1.25. The summed E-state index contributed by atoms with van der Waals surface area (Å²) in [6.07, 6.45) is -14.0. The van der Waals surface area contributed by atoms with Crippen LogP contribution in [0.3, 0.4) is 0 Å². The number of carbonyl (C=O) groups is 1. The van der Waals surface area contributed by atoms with E-state index in [0.29, 0.717) is 0 Å². The second kappa shape index (κ2) is 4.65. The SMILES string of the molecule is O=C(C(F)(F)F)C(F)(OC1CCCO1)C(F)(F)F. The third kappa shape index (κ3) is 2.91. The van der Waals surface area contributed by atoms with Gasteiger partial charge in [0.2, 0.25) is 0 Å². The molecule has 0 spiro atoms. The Bertz CT molecular complexity index is 318. The molecule has 2 unspecified atom stereocenters. The van der Waals surface area contributed by atoms with Gasteiger partial charge in [-0.25, -0.2) is 0 Å². The number of carbonyl (C=O) groups excluding carboxylic acids is 1. The molecule has 18 heavy (non-hydrogen) atoms. The quantitative estimate of drug-likeness (QED) is 0.747. The molecule has 1 heterocycles. The minimum Gasteiger partial charge on any atom is -0.352 e. The minimum atomic E-state index is -6.15. The number of halogens is 7. The lowest BCUT2D eigenvalue weighted by Gasteiger charge is -2.29. The van der Waals surface area contributed by atoms with Crippen molar-refractivity contribution >= 4 is 5.78 Å². The van der Waals surface area contributed by atoms with Crippen molar-refractivity contribution in [1.82, 2.24) is 0 Å². The lowest BCUT2D eigenvalue weighted by Crippen LogP contribution is -2.57. The lowest BCUT2D eigenvalue weighted by atomic mass is 10.1. The molecule has 10 heteroatoms. The van der Waals surface area contributed by atoms with Crippen molar-refractivity contribution in [3.05, 3.63) is 0 Å². The summed E-state index contributed by atoms with van der Waals surface area (Å²) in [5, 5.41) is 0. The Balaban J connectivity index is 2.99. The normalized spacial score (nSPS) is 24.9. The van der Waals surface area contributed by atoms with E-state index in [0.717, 1.165) is 0 Å². The minimum absolute atomic E-state index is 0.0845. The average Bonchev–Trinajstić information content (AvgIpc) is 2.65. The van der Waals surface area contributed by atoms with Gasteiger partial charge in [0.25, 0.3) is 0 Å². The third-order valence-electron chi connectivity index (χ3n) is 2.10. The zero-order valence-corrected chi connectivity index (χ0v) is 8.57. The first-order valence-corrected chi connectivity index (χ1v) is 4.65. The summed E-state index contributed by atoms with van der Waals surface area (Å²) >= 11 is 0. The van der Waals surface area contributed by atoms with Gasteiger partial charge >= 0.3 is 24.0 Å². The third-order valence-corrected chi connectivity index (χ3v) is 2.10. The van der Waals surface area contributed by atoms with Gasteiger partial charge in [0.05, 0.1) is 0 Å². The number of rotatable bonds is 3. The van der Waals surface area contributed by atoms with Crippen LogP contribution in [0.1, 0.15) is 12.8 Å². The van der Waals surface area contributed by atoms with E-state index in [1.165, 1.54) is 0 Å². The van der Waals surface area contributed by atoms with Crippen LogP contribution in [0.25, 0.3) is 0 Å². The van der Waals surface area contributed by atoms with Gasteiger partial charge in [0.1, 0.15) is 0 Å². The smallest absolute Gasteiger partial charge is 0.352 e. The van der Waals surface area contributed by atoms with Crippen LogP contribution in [-0.4, -0.2) is 36.9 Å². The Labute approximate surface area is 95.8 Å². The predicted molar refractivity (Wildman–Crippen MR) is 41.0 cm³/mol. The molecule has 0 bridgehead atoms. The maximum Gasteiger partial charge on any atom is 0.456 e. The van der Waals surface area contributed by atoms with Crippen molar-refractivity contribution in [2.45, 2.75) is 37.3 Å². The van der Waals surface area contributed by atoms with Gasteiger partial charge in [-0.3, -0.25) is 4.79 Å². The Morgan fingerprint density at radius 1 is 1.11 bits per heavy atom. The summed E-state index contributed by atoms with van der Waals surface area (Å²) in [7, 11) is 0. The van der Waals surface area contributed by atoms with E-state index < -0.39 is 30.3 Å². The van der Waals surface area contributed by atoms with Crippen molar-refractivity contribution < 1.29 is 45.0 Å². The van der Waals surface area contributed by atoms with Crippen LogP contribution in [0.5, 0.6) is 0 Å². The van der Waals surface area contributed by atoms with Gasteiger partial charge in [-0.15, -0.1) is 0 Å². The fourth-order valence-corrected chi connectivity index (χ4v) is 1.25. The van der Waals surface area contributed by atoms with E-state index in [2.05, 4.69) is 9.47 Å². The summed E-state index contributed by atoms with van der Waals surface area (Å²) in [6.45, 7) is -0.0845. The van der Waals surface area contributed by atoms with Gasteiger partial charge < -0.3 is 9.47 Å². The summed E-state index contributed by atoms with van der Waals surface area (Å²) in [5.74, 6) is -9.10. The average molecular weight is 284 g/mol. The van der Waals surface area contributed by atoms with Crippen molar-refractivity contribution in [3.8, 4) is 0 Å². The zero-order valence-electron chi connectivity index (χ0n) is 8.57. The standard InChI is InChI=1S/C8H7F7O3/c9-6(8(13,14)15,5(16)7(10,11)12)18-4-2-1-3-17-4/h4H,1-3H2. The Morgan fingerprint density at radius 2 is 1.67 bits per heavy atom. The maximum atomic E-state index is 13.3. The molecule has 1 rings (SSSR count). The number of hydrogen-bond donors (Lipinski definition) is 0. The molecule has 1 saturated heterocycles. The number of ether oxygens (including phenoxy) is 2.